The van der Waals surface area contributed by atoms with E-state index in [2.05, 4.69) is 12.0 Å². The Kier molecular flexibility index (Phi) is 2.21. The molecule has 0 bridgehead atoms. The van der Waals surface area contributed by atoms with Crippen molar-refractivity contribution >= 4 is 0 Å². The number of rotatable bonds is 0. The summed E-state index contributed by atoms with van der Waals surface area (Å²) in [4.78, 5) is 0. The number of hydrogen-bond acceptors (Lipinski definition) is 1. The van der Waals surface area contributed by atoms with Crippen LogP contribution in [0.15, 0.2) is 11.6 Å². The zero-order chi connectivity index (χ0) is 6.53. The molecule has 0 aromatic rings. The van der Waals surface area contributed by atoms with Gasteiger partial charge in [-0.2, -0.15) is 0 Å². The van der Waals surface area contributed by atoms with Gasteiger partial charge in [-0.1, -0.05) is 6.08 Å². The normalized spacial score (nSPS) is 17.6. The average Bonchev–Trinajstić information content (AvgIpc) is 1.91. The van der Waals surface area contributed by atoms with Crippen molar-refractivity contribution in [2.75, 3.05) is 0 Å². The van der Waals surface area contributed by atoms with Crippen LogP contribution in [0.2, 0.25) is 0 Å². The van der Waals surface area contributed by atoms with E-state index in [9.17, 15) is 0 Å². The molecular weight excluding hydrogens is 112 g/mol. The third-order valence-corrected chi connectivity index (χ3v) is 1.51. The molecule has 0 fully saturated rings. The van der Waals surface area contributed by atoms with Crippen LogP contribution < -0.4 is 0 Å². The lowest BCUT2D eigenvalue weighted by Gasteiger charge is -2.04. The van der Waals surface area contributed by atoms with E-state index >= 15 is 0 Å². The summed E-state index contributed by atoms with van der Waals surface area (Å²) in [5.74, 6) is 2.65. The van der Waals surface area contributed by atoms with E-state index in [0.717, 1.165) is 18.4 Å². The smallest absolute Gasteiger partial charge is 0.112 e. The van der Waals surface area contributed by atoms with Crippen LogP contribution in [-0.2, 0) is 0 Å². The van der Waals surface area contributed by atoms with Gasteiger partial charge in [0.25, 0.3) is 0 Å². The van der Waals surface area contributed by atoms with Crippen LogP contribution in [0.3, 0.4) is 0 Å². The van der Waals surface area contributed by atoms with Crippen LogP contribution in [0.5, 0.6) is 0 Å². The van der Waals surface area contributed by atoms with Crippen molar-refractivity contribution < 1.29 is 5.11 Å². The number of allylic oxidation sites excluding steroid dienone is 2. The predicted octanol–water partition coefficient (Wildman–Crippen LogP) is 1.82. The van der Waals surface area contributed by atoms with Crippen molar-refractivity contribution in [1.29, 1.82) is 0 Å². The molecule has 1 rings (SSSR count). The van der Waals surface area contributed by atoms with Crippen molar-refractivity contribution in [1.82, 2.24) is 0 Å². The lowest BCUT2D eigenvalue weighted by Crippen LogP contribution is -1.88. The van der Waals surface area contributed by atoms with Gasteiger partial charge in [0.05, 0.1) is 0 Å². The molecule has 0 aliphatic heterocycles. The first-order valence-corrected chi connectivity index (χ1v) is 3.27. The first-order chi connectivity index (χ1) is 4.43. The Morgan fingerprint density at radius 2 is 2.33 bits per heavy atom. The van der Waals surface area contributed by atoms with Crippen LogP contribution in [-0.4, -0.2) is 5.11 Å². The second-order valence-corrected chi connectivity index (χ2v) is 2.21. The average molecular weight is 122 g/mol. The molecule has 0 unspecified atom stereocenters. The molecule has 1 nitrogen and oxygen atoms in total. The molecule has 48 valence electrons. The van der Waals surface area contributed by atoms with Crippen molar-refractivity contribution in [3.8, 4) is 12.0 Å². The summed E-state index contributed by atoms with van der Waals surface area (Å²) < 4.78 is 0. The van der Waals surface area contributed by atoms with E-state index in [1.807, 2.05) is 6.11 Å². The highest BCUT2D eigenvalue weighted by Gasteiger charge is 1.98. The molecule has 1 aliphatic carbocycles. The minimum absolute atomic E-state index is 1.05. The van der Waals surface area contributed by atoms with Gasteiger partial charge < -0.3 is 5.11 Å². The fourth-order valence-electron chi connectivity index (χ4n) is 1.02. The summed E-state index contributed by atoms with van der Waals surface area (Å²) in [6.45, 7) is 0. The van der Waals surface area contributed by atoms with E-state index < -0.39 is 0 Å². The first-order valence-electron chi connectivity index (χ1n) is 3.27. The van der Waals surface area contributed by atoms with Gasteiger partial charge in [-0.25, -0.2) is 0 Å². The molecule has 1 heteroatoms. The van der Waals surface area contributed by atoms with Gasteiger partial charge >= 0.3 is 0 Å². The van der Waals surface area contributed by atoms with Crippen LogP contribution in [0.4, 0.5) is 0 Å². The maximum atomic E-state index is 8.22. The van der Waals surface area contributed by atoms with Crippen LogP contribution >= 0.6 is 0 Å². The molecule has 1 aliphatic rings. The predicted molar refractivity (Wildman–Crippen MR) is 36.3 cm³/mol. The largest absolute Gasteiger partial charge is 0.462 e. The minimum Gasteiger partial charge on any atom is -0.462 e. The Morgan fingerprint density at radius 1 is 1.44 bits per heavy atom. The zero-order valence-corrected chi connectivity index (χ0v) is 5.35. The van der Waals surface area contributed by atoms with E-state index in [1.54, 1.807) is 0 Å². The van der Waals surface area contributed by atoms with Gasteiger partial charge in [0, 0.05) is 5.57 Å². The summed E-state index contributed by atoms with van der Waals surface area (Å²) in [6, 6.07) is 0. The molecule has 0 heterocycles. The van der Waals surface area contributed by atoms with Crippen molar-refractivity contribution in [2.45, 2.75) is 25.7 Å². The second kappa shape index (κ2) is 3.19. The maximum Gasteiger partial charge on any atom is 0.112 e. The SMILES string of the molecule is OC#CC1=CCCCC1. The van der Waals surface area contributed by atoms with Gasteiger partial charge in [-0.05, 0) is 31.6 Å². The van der Waals surface area contributed by atoms with E-state index in [4.69, 9.17) is 5.11 Å². The molecule has 0 radical (unpaired) electrons. The summed E-state index contributed by atoms with van der Waals surface area (Å²) >= 11 is 0. The zero-order valence-electron chi connectivity index (χ0n) is 5.35. The Labute approximate surface area is 55.4 Å². The molecule has 0 atom stereocenters. The molecule has 9 heavy (non-hydrogen) atoms. The summed E-state index contributed by atoms with van der Waals surface area (Å²) in [5.41, 5.74) is 1.10. The molecule has 0 saturated heterocycles. The van der Waals surface area contributed by atoms with Gasteiger partial charge in [0.2, 0.25) is 0 Å². The number of aliphatic hydroxyl groups is 1. The van der Waals surface area contributed by atoms with Crippen LogP contribution in [0, 0.1) is 12.0 Å². The highest BCUT2D eigenvalue weighted by atomic mass is 16.2. The van der Waals surface area contributed by atoms with Crippen molar-refractivity contribution in [2.24, 2.45) is 0 Å². The van der Waals surface area contributed by atoms with Crippen LogP contribution in [0.25, 0.3) is 0 Å². The summed E-state index contributed by atoms with van der Waals surface area (Å²) in [6.07, 6.45) is 8.70. The van der Waals surface area contributed by atoms with Gasteiger partial charge in [0.15, 0.2) is 0 Å². The minimum atomic E-state index is 1.05. The van der Waals surface area contributed by atoms with Crippen LogP contribution in [0.1, 0.15) is 25.7 Å². The topological polar surface area (TPSA) is 20.2 Å². The lowest BCUT2D eigenvalue weighted by molar-refractivity contribution is 0.517. The van der Waals surface area contributed by atoms with E-state index in [1.165, 1.54) is 12.8 Å². The third-order valence-electron chi connectivity index (χ3n) is 1.51. The molecular formula is C8H10O. The van der Waals surface area contributed by atoms with Crippen molar-refractivity contribution in [3.05, 3.63) is 11.6 Å². The van der Waals surface area contributed by atoms with E-state index in [-0.39, 0.29) is 0 Å². The maximum absolute atomic E-state index is 8.22. The summed E-state index contributed by atoms with van der Waals surface area (Å²) in [5, 5.41) is 8.22. The fraction of sp³-hybridized carbons (Fsp3) is 0.500. The monoisotopic (exact) mass is 122 g/mol. The fourth-order valence-corrected chi connectivity index (χ4v) is 1.02. The quantitative estimate of drug-likeness (QED) is 0.486. The standard InChI is InChI=1S/C8H10O/c9-7-6-8-4-2-1-3-5-8/h4,9H,1-3,5H2. The van der Waals surface area contributed by atoms with Gasteiger partial charge in [-0.3, -0.25) is 0 Å². The Bertz CT molecular complexity index is 169. The van der Waals surface area contributed by atoms with E-state index in [0.29, 0.717) is 0 Å². The molecule has 0 spiro atoms. The Balaban J connectivity index is 2.53. The first kappa shape index (κ1) is 6.22. The van der Waals surface area contributed by atoms with Gasteiger partial charge in [-0.15, -0.1) is 0 Å². The van der Waals surface area contributed by atoms with Crippen molar-refractivity contribution in [3.63, 3.8) is 0 Å². The highest BCUT2D eigenvalue weighted by Crippen LogP contribution is 2.15. The third kappa shape index (κ3) is 1.81. The molecule has 0 aromatic carbocycles. The summed E-state index contributed by atoms with van der Waals surface area (Å²) in [7, 11) is 0. The lowest BCUT2D eigenvalue weighted by atomic mass is 10.0. The molecule has 0 aromatic heterocycles. The highest BCUT2D eigenvalue weighted by molar-refractivity contribution is 5.27. The number of aliphatic hydroxyl groups excluding tert-OH is 1. The Hall–Kier alpha value is -0.900. The molecule has 0 amide bonds. The van der Waals surface area contributed by atoms with Gasteiger partial charge in [0.1, 0.15) is 6.11 Å². The Morgan fingerprint density at radius 3 is 2.89 bits per heavy atom. The number of hydrogen-bond donors (Lipinski definition) is 1. The second-order valence-electron chi connectivity index (χ2n) is 2.21. The molecule has 1 N–H and O–H groups in total. The molecule has 0 saturated carbocycles.